The van der Waals surface area contributed by atoms with Crippen LogP contribution < -0.4 is 10.6 Å². The van der Waals surface area contributed by atoms with Crippen LogP contribution in [0.15, 0.2) is 42.7 Å². The molecule has 0 spiro atoms. The van der Waals surface area contributed by atoms with Crippen molar-refractivity contribution in [2.45, 2.75) is 12.7 Å². The Hall–Kier alpha value is -1.86. The van der Waals surface area contributed by atoms with Crippen molar-refractivity contribution in [3.8, 4) is 0 Å². The fourth-order valence-electron chi connectivity index (χ4n) is 1.68. The Bertz CT molecular complexity index is 662. The molecule has 0 aliphatic heterocycles. The van der Waals surface area contributed by atoms with E-state index in [0.29, 0.717) is 6.54 Å². The van der Waals surface area contributed by atoms with Crippen molar-refractivity contribution in [1.29, 1.82) is 0 Å². The lowest BCUT2D eigenvalue weighted by Gasteiger charge is -2.13. The molecule has 22 heavy (non-hydrogen) atoms. The van der Waals surface area contributed by atoms with Gasteiger partial charge in [-0.25, -0.2) is 0 Å². The Kier molecular flexibility index (Phi) is 5.20. The number of hydrogen-bond donors (Lipinski definition) is 2. The molecule has 0 amide bonds. The van der Waals surface area contributed by atoms with Gasteiger partial charge in [-0.05, 0) is 42.0 Å². The minimum Gasteiger partial charge on any atom is -0.358 e. The minimum absolute atomic E-state index is 0.208. The van der Waals surface area contributed by atoms with Crippen molar-refractivity contribution in [2.24, 2.45) is 0 Å². The van der Waals surface area contributed by atoms with Gasteiger partial charge in [0.1, 0.15) is 0 Å². The Morgan fingerprint density at radius 2 is 2.05 bits per heavy atom. The fraction of sp³-hybridized carbons (Fsp3) is 0.143. The summed E-state index contributed by atoms with van der Waals surface area (Å²) in [6, 6.07) is 7.15. The number of nitrogens with one attached hydrogen (secondary N) is 2. The van der Waals surface area contributed by atoms with E-state index in [2.05, 4.69) is 15.6 Å². The molecule has 1 heterocycles. The molecule has 0 unspecified atom stereocenters. The van der Waals surface area contributed by atoms with Crippen LogP contribution >= 0.6 is 23.8 Å². The van der Waals surface area contributed by atoms with E-state index in [-0.39, 0.29) is 15.8 Å². The highest BCUT2D eigenvalue weighted by atomic mass is 35.5. The monoisotopic (exact) mass is 345 g/mol. The zero-order chi connectivity index (χ0) is 16.2. The van der Waals surface area contributed by atoms with E-state index < -0.39 is 11.7 Å². The number of anilines is 1. The molecule has 0 bridgehead atoms. The topological polar surface area (TPSA) is 37.0 Å². The second-order valence-corrected chi connectivity index (χ2v) is 5.18. The lowest BCUT2D eigenvalue weighted by Crippen LogP contribution is -2.28. The molecule has 0 aliphatic carbocycles. The lowest BCUT2D eigenvalue weighted by molar-refractivity contribution is -0.137. The predicted octanol–water partition coefficient (Wildman–Crippen LogP) is 4.24. The van der Waals surface area contributed by atoms with Gasteiger partial charge in [-0.2, -0.15) is 13.2 Å². The number of pyridine rings is 1. The molecule has 8 heteroatoms. The van der Waals surface area contributed by atoms with Gasteiger partial charge in [-0.1, -0.05) is 17.7 Å². The maximum atomic E-state index is 12.8. The van der Waals surface area contributed by atoms with E-state index in [1.165, 1.54) is 12.1 Å². The Morgan fingerprint density at radius 1 is 1.27 bits per heavy atom. The Morgan fingerprint density at radius 3 is 2.68 bits per heavy atom. The third-order valence-corrected chi connectivity index (χ3v) is 3.28. The number of hydrogen-bond acceptors (Lipinski definition) is 2. The second-order valence-electron chi connectivity index (χ2n) is 4.36. The van der Waals surface area contributed by atoms with Crippen molar-refractivity contribution >= 4 is 34.6 Å². The first-order valence-electron chi connectivity index (χ1n) is 6.17. The third kappa shape index (κ3) is 4.57. The highest BCUT2D eigenvalue weighted by Crippen LogP contribution is 2.36. The normalized spacial score (nSPS) is 11.1. The van der Waals surface area contributed by atoms with Crippen LogP contribution in [0.2, 0.25) is 5.02 Å². The van der Waals surface area contributed by atoms with Crippen molar-refractivity contribution in [3.63, 3.8) is 0 Å². The number of thiocarbonyl (C=S) groups is 1. The van der Waals surface area contributed by atoms with E-state index in [4.69, 9.17) is 23.8 Å². The third-order valence-electron chi connectivity index (χ3n) is 2.71. The SMILES string of the molecule is FC(F)(F)c1cc(NC(=S)NCc2cccnc2)ccc1Cl. The molecular weight excluding hydrogens is 335 g/mol. The highest BCUT2D eigenvalue weighted by Gasteiger charge is 2.33. The Balaban J connectivity index is 2.00. The van der Waals surface area contributed by atoms with E-state index in [9.17, 15) is 13.2 Å². The summed E-state index contributed by atoms with van der Waals surface area (Å²) in [7, 11) is 0. The van der Waals surface area contributed by atoms with Crippen LogP contribution in [-0.2, 0) is 12.7 Å². The molecular formula is C14H11ClF3N3S. The van der Waals surface area contributed by atoms with Crippen LogP contribution in [-0.4, -0.2) is 10.1 Å². The van der Waals surface area contributed by atoms with Gasteiger partial charge in [0.05, 0.1) is 10.6 Å². The first-order chi connectivity index (χ1) is 10.4. The minimum atomic E-state index is -4.51. The largest absolute Gasteiger partial charge is 0.417 e. The molecule has 2 N–H and O–H groups in total. The van der Waals surface area contributed by atoms with Gasteiger partial charge in [0.2, 0.25) is 0 Å². The van der Waals surface area contributed by atoms with Crippen molar-refractivity contribution in [2.75, 3.05) is 5.32 Å². The van der Waals surface area contributed by atoms with Gasteiger partial charge in [-0.3, -0.25) is 4.98 Å². The van der Waals surface area contributed by atoms with Crippen LogP contribution in [0.1, 0.15) is 11.1 Å². The Labute approximate surface area is 135 Å². The van der Waals surface area contributed by atoms with E-state index in [1.807, 2.05) is 6.07 Å². The molecule has 0 radical (unpaired) electrons. The number of alkyl halides is 3. The summed E-state index contributed by atoms with van der Waals surface area (Å²) in [6.07, 6.45) is -1.20. The average molecular weight is 346 g/mol. The average Bonchev–Trinajstić information content (AvgIpc) is 2.47. The summed E-state index contributed by atoms with van der Waals surface area (Å²) in [4.78, 5) is 3.95. The van der Waals surface area contributed by atoms with Crippen molar-refractivity contribution in [3.05, 3.63) is 58.9 Å². The van der Waals surface area contributed by atoms with E-state index >= 15 is 0 Å². The summed E-state index contributed by atoms with van der Waals surface area (Å²) in [5.74, 6) is 0. The van der Waals surface area contributed by atoms with Gasteiger partial charge >= 0.3 is 6.18 Å². The summed E-state index contributed by atoms with van der Waals surface area (Å²) in [5.41, 5.74) is 0.202. The zero-order valence-electron chi connectivity index (χ0n) is 11.1. The van der Waals surface area contributed by atoms with Gasteiger partial charge in [-0.15, -0.1) is 0 Å². The zero-order valence-corrected chi connectivity index (χ0v) is 12.7. The molecule has 0 saturated heterocycles. The van der Waals surface area contributed by atoms with Crippen LogP contribution in [0, 0.1) is 0 Å². The first-order valence-corrected chi connectivity index (χ1v) is 6.95. The van der Waals surface area contributed by atoms with Crippen LogP contribution in [0.5, 0.6) is 0 Å². The molecule has 1 aromatic heterocycles. The molecule has 2 rings (SSSR count). The molecule has 0 saturated carbocycles. The molecule has 0 atom stereocenters. The van der Waals surface area contributed by atoms with E-state index in [0.717, 1.165) is 11.6 Å². The maximum absolute atomic E-state index is 12.8. The first kappa shape index (κ1) is 16.5. The highest BCUT2D eigenvalue weighted by molar-refractivity contribution is 7.80. The standard InChI is InChI=1S/C14H11ClF3N3S/c15-12-4-3-10(6-11(12)14(16,17)18)21-13(22)20-8-9-2-1-5-19-7-9/h1-7H,8H2,(H2,20,21,22). The fourth-order valence-corrected chi connectivity index (χ4v) is 2.10. The smallest absolute Gasteiger partial charge is 0.358 e. The summed E-state index contributed by atoms with van der Waals surface area (Å²) in [6.45, 7) is 0.416. The molecule has 2 aromatic rings. The number of benzene rings is 1. The summed E-state index contributed by atoms with van der Waals surface area (Å²) in [5, 5.41) is 5.43. The van der Waals surface area contributed by atoms with Crippen LogP contribution in [0.4, 0.5) is 18.9 Å². The van der Waals surface area contributed by atoms with Gasteiger partial charge in [0.25, 0.3) is 0 Å². The number of nitrogens with zero attached hydrogens (tertiary/aromatic N) is 1. The second kappa shape index (κ2) is 6.93. The maximum Gasteiger partial charge on any atom is 0.417 e. The summed E-state index contributed by atoms with van der Waals surface area (Å²) < 4.78 is 38.3. The van der Waals surface area contributed by atoms with Gasteiger partial charge in [0, 0.05) is 24.6 Å². The van der Waals surface area contributed by atoms with E-state index in [1.54, 1.807) is 18.5 Å². The van der Waals surface area contributed by atoms with Crippen molar-refractivity contribution in [1.82, 2.24) is 10.3 Å². The summed E-state index contributed by atoms with van der Waals surface area (Å²) >= 11 is 10.6. The molecule has 0 aliphatic rings. The van der Waals surface area contributed by atoms with Gasteiger partial charge < -0.3 is 10.6 Å². The molecule has 1 aromatic carbocycles. The van der Waals surface area contributed by atoms with Crippen molar-refractivity contribution < 1.29 is 13.2 Å². The predicted molar refractivity (Wildman–Crippen MR) is 83.8 cm³/mol. The number of rotatable bonds is 3. The molecule has 116 valence electrons. The van der Waals surface area contributed by atoms with Crippen LogP contribution in [0.3, 0.4) is 0 Å². The quantitative estimate of drug-likeness (QED) is 0.816. The number of aromatic nitrogens is 1. The molecule has 0 fully saturated rings. The number of halogens is 4. The van der Waals surface area contributed by atoms with Gasteiger partial charge in [0.15, 0.2) is 5.11 Å². The van der Waals surface area contributed by atoms with Crippen LogP contribution in [0.25, 0.3) is 0 Å². The molecule has 3 nitrogen and oxygen atoms in total. The lowest BCUT2D eigenvalue weighted by atomic mass is 10.2.